The summed E-state index contributed by atoms with van der Waals surface area (Å²) in [4.78, 5) is 0. The zero-order chi connectivity index (χ0) is 3.58. The molecular formula is I4. The fourth-order valence-corrected chi connectivity index (χ4v) is 0. The van der Waals surface area contributed by atoms with Gasteiger partial charge >= 0.3 is 63.7 Å². The van der Waals surface area contributed by atoms with Gasteiger partial charge < -0.3 is 0 Å². The predicted molar refractivity (Wildman–Crippen MR) is 56.1 cm³/mol. The molecule has 0 heterocycles. The van der Waals surface area contributed by atoms with Gasteiger partial charge in [-0.3, -0.25) is 0 Å². The molecule has 4 heteroatoms. The van der Waals surface area contributed by atoms with Crippen molar-refractivity contribution in [3.8, 4) is 0 Å². The molecule has 4 heavy (non-hydrogen) atoms. The first-order chi connectivity index (χ1) is 1.73. The van der Waals surface area contributed by atoms with Crippen molar-refractivity contribution in [3.63, 3.8) is 0 Å². The molecule has 0 aromatic carbocycles. The van der Waals surface area contributed by atoms with Gasteiger partial charge in [-0.1, -0.05) is 0 Å². The monoisotopic (exact) mass is 508 g/mol. The Morgan fingerprint density at radius 3 is 1.00 bits per heavy atom. The van der Waals surface area contributed by atoms with Gasteiger partial charge in [0.15, 0.2) is 0 Å². The van der Waals surface area contributed by atoms with Crippen LogP contribution in [0.1, 0.15) is 0 Å². The number of rotatable bonds is 0. The van der Waals surface area contributed by atoms with Crippen molar-refractivity contribution < 1.29 is 0 Å². The zero-order valence-electron chi connectivity index (χ0n) is 1.51. The minimum absolute atomic E-state index is 0.353. The second-order valence-electron chi connectivity index (χ2n) is 0.162. The van der Waals surface area contributed by atoms with E-state index in [1.807, 2.05) is 0 Å². The number of hydrogen-bond acceptors (Lipinski definition) is 0. The molecule has 0 bridgehead atoms. The third-order valence-corrected chi connectivity index (χ3v) is 0. The summed E-state index contributed by atoms with van der Waals surface area (Å²) in [6, 6.07) is 0. The third kappa shape index (κ3) is 8.87. The summed E-state index contributed by atoms with van der Waals surface area (Å²) in [6.07, 6.45) is 0. The van der Waals surface area contributed by atoms with E-state index in [1.54, 1.807) is 0 Å². The van der Waals surface area contributed by atoms with Crippen molar-refractivity contribution in [2.24, 2.45) is 0 Å². The van der Waals surface area contributed by atoms with Crippen LogP contribution in [0.3, 0.4) is 0 Å². The van der Waals surface area contributed by atoms with Crippen LogP contribution in [0.4, 0.5) is 0 Å². The number of hydrogen-bond donors (Lipinski definition) is 0. The molecule has 28 valence electrons. The molecular weight excluding hydrogens is 508 g/mol. The molecule has 0 rings (SSSR count). The summed E-state index contributed by atoms with van der Waals surface area (Å²) in [5.41, 5.74) is 0. The molecule has 0 aromatic rings. The van der Waals surface area contributed by atoms with Crippen LogP contribution in [0.2, 0.25) is 0 Å². The summed E-state index contributed by atoms with van der Waals surface area (Å²) in [7, 11) is -0.353. The van der Waals surface area contributed by atoms with Gasteiger partial charge in [-0.2, -0.15) is 0 Å². The fraction of sp³-hybridized carbons (Fsp3) is 0. The van der Waals surface area contributed by atoms with Gasteiger partial charge in [-0.15, -0.1) is 0 Å². The van der Waals surface area contributed by atoms with E-state index in [0.717, 1.165) is 0 Å². The van der Waals surface area contributed by atoms with Crippen LogP contribution in [-0.2, 0) is 0 Å². The minimum atomic E-state index is -0.353. The Balaban J connectivity index is 2.32. The Kier molecular flexibility index (Phi) is 7.07. The van der Waals surface area contributed by atoms with Crippen molar-refractivity contribution in [1.82, 2.24) is 0 Å². The van der Waals surface area contributed by atoms with E-state index < -0.39 is 0 Å². The average Bonchev–Trinajstić information content (AvgIpc) is 0.811. The Bertz CT molecular complexity index is 4.75. The van der Waals surface area contributed by atoms with E-state index in [-0.39, 0.29) is 7.89 Å². The summed E-state index contributed by atoms with van der Waals surface area (Å²) >= 11 is 7.42. The first-order valence-corrected chi connectivity index (χ1v) is 19.3. The molecule has 0 nitrogen and oxygen atoms in total. The second kappa shape index (κ2) is 4.09. The molecule has 0 aliphatic heterocycles. The van der Waals surface area contributed by atoms with E-state index in [2.05, 4.69) is 55.8 Å². The van der Waals surface area contributed by atoms with Crippen LogP contribution in [-0.4, -0.2) is 0 Å². The van der Waals surface area contributed by atoms with Gasteiger partial charge in [0.1, 0.15) is 0 Å². The average molecular weight is 508 g/mol. The summed E-state index contributed by atoms with van der Waals surface area (Å²) in [5, 5.41) is 0. The van der Waals surface area contributed by atoms with E-state index in [4.69, 9.17) is 0 Å². The van der Waals surface area contributed by atoms with E-state index in [1.165, 1.54) is 0 Å². The third-order valence-electron chi connectivity index (χ3n) is 0. The molecule has 0 N–H and O–H groups in total. The first kappa shape index (κ1) is 6.92. The molecule has 0 spiro atoms. The van der Waals surface area contributed by atoms with E-state index >= 15 is 0 Å². The zero-order valence-corrected chi connectivity index (χ0v) is 10.1. The van der Waals surface area contributed by atoms with Gasteiger partial charge in [0, 0.05) is 0 Å². The molecule has 0 aliphatic carbocycles. The molecule has 0 fully saturated rings. The van der Waals surface area contributed by atoms with Crippen LogP contribution < -0.4 is 0 Å². The molecule has 0 aliphatic rings. The maximum absolute atomic E-state index is 2.47. The van der Waals surface area contributed by atoms with Crippen molar-refractivity contribution >= 4 is 63.7 Å². The van der Waals surface area contributed by atoms with Gasteiger partial charge in [0.25, 0.3) is 0 Å². The van der Waals surface area contributed by atoms with E-state index in [9.17, 15) is 0 Å². The maximum atomic E-state index is 2.47. The molecule has 0 saturated carbocycles. The van der Waals surface area contributed by atoms with Gasteiger partial charge in [-0.05, 0) is 0 Å². The molecule has 0 atom stereocenters. The van der Waals surface area contributed by atoms with Crippen molar-refractivity contribution in [2.45, 2.75) is 0 Å². The summed E-state index contributed by atoms with van der Waals surface area (Å²) < 4.78 is 0. The standard InChI is InChI=1S/I4/c1-4(2)3. The van der Waals surface area contributed by atoms with Crippen LogP contribution in [0.15, 0.2) is 0 Å². The van der Waals surface area contributed by atoms with Crippen LogP contribution in [0.25, 0.3) is 0 Å². The summed E-state index contributed by atoms with van der Waals surface area (Å²) in [5.74, 6) is 0. The molecule has 0 aromatic heterocycles. The first-order valence-electron chi connectivity index (χ1n) is 0.429. The van der Waals surface area contributed by atoms with Crippen molar-refractivity contribution in [1.29, 1.82) is 0 Å². The van der Waals surface area contributed by atoms with Gasteiger partial charge in [0.2, 0.25) is 0 Å². The molecule has 0 radical (unpaired) electrons. The van der Waals surface area contributed by atoms with Crippen LogP contribution in [0, 0.1) is 0 Å². The van der Waals surface area contributed by atoms with E-state index in [0.29, 0.717) is 0 Å². The van der Waals surface area contributed by atoms with Gasteiger partial charge in [0.05, 0.1) is 0 Å². The quantitative estimate of drug-likeness (QED) is 0.440. The van der Waals surface area contributed by atoms with Crippen LogP contribution >= 0.6 is 63.7 Å². The van der Waals surface area contributed by atoms with Gasteiger partial charge in [-0.25, -0.2) is 0 Å². The topological polar surface area (TPSA) is 0 Å². The Morgan fingerprint density at radius 1 is 1.00 bits per heavy atom. The molecule has 0 amide bonds. The second-order valence-corrected chi connectivity index (χ2v) is 48.9. The van der Waals surface area contributed by atoms with Crippen LogP contribution in [0.5, 0.6) is 0 Å². The summed E-state index contributed by atoms with van der Waals surface area (Å²) in [6.45, 7) is 0. The molecule has 0 unspecified atom stereocenters. The normalized spacial score (nSPS) is 11.2. The predicted octanol–water partition coefficient (Wildman–Crippen LogP) is 3.54. The Labute approximate surface area is 61.8 Å². The Morgan fingerprint density at radius 2 is 1.00 bits per heavy atom. The SMILES string of the molecule is II(I)I. The Hall–Kier alpha value is 2.92. The van der Waals surface area contributed by atoms with Crippen molar-refractivity contribution in [3.05, 3.63) is 0 Å². The molecule has 0 saturated heterocycles. The number of halogens is 4. The fourth-order valence-electron chi connectivity index (χ4n) is 0. The van der Waals surface area contributed by atoms with Crippen molar-refractivity contribution in [2.75, 3.05) is 0 Å².